The van der Waals surface area contributed by atoms with E-state index in [4.69, 9.17) is 9.47 Å². The van der Waals surface area contributed by atoms with Gasteiger partial charge in [0.05, 0.1) is 13.2 Å². The lowest BCUT2D eigenvalue weighted by Gasteiger charge is -2.43. The molecule has 3 atom stereocenters. The van der Waals surface area contributed by atoms with E-state index in [0.717, 1.165) is 0 Å². The summed E-state index contributed by atoms with van der Waals surface area (Å²) in [4.78, 5) is 24.7. The average Bonchev–Trinajstić information content (AvgIpc) is 2.83. The molecule has 0 bridgehead atoms. The third kappa shape index (κ3) is 2.51. The highest BCUT2D eigenvalue weighted by Crippen LogP contribution is 2.44. The molecule has 0 aromatic heterocycles. The van der Waals surface area contributed by atoms with Gasteiger partial charge in [0.1, 0.15) is 11.3 Å². The van der Waals surface area contributed by atoms with Crippen LogP contribution in [-0.2, 0) is 14.3 Å². The van der Waals surface area contributed by atoms with Gasteiger partial charge in [0, 0.05) is 30.0 Å². The fraction of sp³-hybridized carbons (Fsp3) is 0.667. The van der Waals surface area contributed by atoms with Crippen molar-refractivity contribution in [2.24, 2.45) is 0 Å². The van der Waals surface area contributed by atoms with Gasteiger partial charge in [0.25, 0.3) is 6.04 Å². The number of aliphatic carboxylic acids is 1. The Morgan fingerprint density at radius 1 is 1.43 bits per heavy atom. The predicted octanol–water partition coefficient (Wildman–Crippen LogP) is 0.810. The van der Waals surface area contributed by atoms with Gasteiger partial charge in [-0.3, -0.25) is 15.0 Å². The first-order chi connectivity index (χ1) is 10.8. The van der Waals surface area contributed by atoms with E-state index >= 15 is 0 Å². The van der Waals surface area contributed by atoms with Crippen LogP contribution in [0.3, 0.4) is 0 Å². The van der Waals surface area contributed by atoms with Crippen LogP contribution in [0.4, 0.5) is 0 Å². The molecular weight excluding hydrogens is 304 g/mol. The Bertz CT molecular complexity index is 609. The van der Waals surface area contributed by atoms with Crippen molar-refractivity contribution in [3.63, 3.8) is 0 Å². The second kappa shape index (κ2) is 5.31. The number of hydrogen-bond donors (Lipinski definition) is 1. The number of carbonyl (C=O) groups is 1. The number of fused-ring (bicyclic) bond motifs is 1. The number of hydrogen-bond acceptors (Lipinski definition) is 6. The molecule has 0 aromatic rings. The third-order valence-corrected chi connectivity index (χ3v) is 4.93. The van der Waals surface area contributed by atoms with E-state index < -0.39 is 23.2 Å². The molecule has 0 aromatic carbocycles. The van der Waals surface area contributed by atoms with Crippen molar-refractivity contribution in [3.8, 4) is 0 Å². The topological polar surface area (TPSA) is 102 Å². The largest absolute Gasteiger partial charge is 0.478 e. The summed E-state index contributed by atoms with van der Waals surface area (Å²) >= 11 is 0. The van der Waals surface area contributed by atoms with E-state index in [9.17, 15) is 20.0 Å². The highest BCUT2D eigenvalue weighted by Gasteiger charge is 2.53. The number of allylic oxidation sites excluding steroid dienone is 1. The van der Waals surface area contributed by atoms with Crippen LogP contribution in [0.1, 0.15) is 20.3 Å². The summed E-state index contributed by atoms with van der Waals surface area (Å²) in [6.45, 7) is 5.50. The molecule has 3 unspecified atom stereocenters. The Kier molecular flexibility index (Phi) is 3.68. The van der Waals surface area contributed by atoms with E-state index in [1.54, 1.807) is 19.1 Å². The minimum Gasteiger partial charge on any atom is -0.478 e. The van der Waals surface area contributed by atoms with E-state index in [2.05, 4.69) is 0 Å². The molecule has 0 radical (unpaired) electrons. The highest BCUT2D eigenvalue weighted by atomic mass is 16.6. The van der Waals surface area contributed by atoms with Gasteiger partial charge in [-0.1, -0.05) is 0 Å². The van der Waals surface area contributed by atoms with Crippen LogP contribution in [0, 0.1) is 10.1 Å². The van der Waals surface area contributed by atoms with Crippen molar-refractivity contribution in [1.29, 1.82) is 0 Å². The van der Waals surface area contributed by atoms with Gasteiger partial charge in [-0.25, -0.2) is 4.79 Å². The minimum absolute atomic E-state index is 0.137. The zero-order valence-corrected chi connectivity index (χ0v) is 13.2. The molecule has 2 fully saturated rings. The van der Waals surface area contributed by atoms with Gasteiger partial charge < -0.3 is 14.6 Å². The zero-order valence-electron chi connectivity index (χ0n) is 13.2. The summed E-state index contributed by atoms with van der Waals surface area (Å²) in [5.41, 5.74) is -1.63. The summed E-state index contributed by atoms with van der Waals surface area (Å²) in [6.07, 6.45) is 3.41. The second-order valence-corrected chi connectivity index (χ2v) is 6.57. The smallest absolute Gasteiger partial charge is 0.348 e. The van der Waals surface area contributed by atoms with Crippen molar-refractivity contribution in [3.05, 3.63) is 33.6 Å². The summed E-state index contributed by atoms with van der Waals surface area (Å²) in [7, 11) is 0. The summed E-state index contributed by atoms with van der Waals surface area (Å²) in [6, 6.07) is -0.945. The quantitative estimate of drug-likeness (QED) is 0.605. The molecule has 0 amide bonds. The molecule has 3 rings (SSSR count). The number of nitrogens with zero attached hydrogens (tertiary/aromatic N) is 2. The first-order valence-electron chi connectivity index (χ1n) is 7.59. The zero-order chi connectivity index (χ0) is 16.8. The van der Waals surface area contributed by atoms with Gasteiger partial charge in [-0.15, -0.1) is 0 Å². The van der Waals surface area contributed by atoms with Crippen LogP contribution in [0.15, 0.2) is 23.5 Å². The van der Waals surface area contributed by atoms with Gasteiger partial charge in [0.15, 0.2) is 0 Å². The lowest BCUT2D eigenvalue weighted by molar-refractivity contribution is -0.523. The monoisotopic (exact) mass is 324 g/mol. The summed E-state index contributed by atoms with van der Waals surface area (Å²) in [5, 5.41) is 20.9. The summed E-state index contributed by atoms with van der Waals surface area (Å²) < 4.78 is 11.0. The molecule has 1 aliphatic carbocycles. The first-order valence-corrected chi connectivity index (χ1v) is 7.59. The van der Waals surface area contributed by atoms with Crippen LogP contribution in [0.5, 0.6) is 0 Å². The molecular formula is C15H20N2O6. The fourth-order valence-corrected chi connectivity index (χ4v) is 3.49. The number of ether oxygens (including phenoxy) is 2. The fourth-order valence-electron chi connectivity index (χ4n) is 3.49. The Morgan fingerprint density at radius 3 is 2.65 bits per heavy atom. The lowest BCUT2D eigenvalue weighted by atomic mass is 9.82. The molecule has 2 heterocycles. The molecule has 8 heteroatoms. The number of morpholine rings is 1. The van der Waals surface area contributed by atoms with Crippen LogP contribution in [0.2, 0.25) is 0 Å². The van der Waals surface area contributed by atoms with Gasteiger partial charge in [0.2, 0.25) is 5.60 Å². The Morgan fingerprint density at radius 2 is 2.09 bits per heavy atom. The average molecular weight is 324 g/mol. The maximum absolute atomic E-state index is 11.6. The Balaban J connectivity index is 1.99. The molecule has 2 saturated heterocycles. The van der Waals surface area contributed by atoms with Crippen molar-refractivity contribution in [1.82, 2.24) is 4.90 Å². The minimum atomic E-state index is -1.37. The van der Waals surface area contributed by atoms with Crippen molar-refractivity contribution < 1.29 is 24.3 Å². The molecule has 126 valence electrons. The molecule has 0 spiro atoms. The molecule has 1 N–H and O–H groups in total. The van der Waals surface area contributed by atoms with Crippen molar-refractivity contribution in [2.75, 3.05) is 26.3 Å². The number of rotatable bonds is 3. The second-order valence-electron chi connectivity index (χ2n) is 6.57. The molecule has 3 aliphatic rings. The van der Waals surface area contributed by atoms with E-state index in [-0.39, 0.29) is 11.3 Å². The SMILES string of the molecule is CC1(C(=O)O)CC2=CC([N+](=O)[O-])C(C)(N3CCOCC3)C=C2O1. The van der Waals surface area contributed by atoms with E-state index in [0.29, 0.717) is 37.6 Å². The molecule has 2 aliphatic heterocycles. The van der Waals surface area contributed by atoms with E-state index in [1.807, 2.05) is 4.90 Å². The van der Waals surface area contributed by atoms with E-state index in [1.165, 1.54) is 6.92 Å². The number of nitro groups is 1. The number of carboxylic acids is 1. The Hall–Kier alpha value is -1.93. The predicted molar refractivity (Wildman–Crippen MR) is 79.5 cm³/mol. The Labute approximate surface area is 133 Å². The highest BCUT2D eigenvalue weighted by molar-refractivity contribution is 5.79. The maximum Gasteiger partial charge on any atom is 0.348 e. The van der Waals surface area contributed by atoms with Crippen LogP contribution in [-0.4, -0.2) is 64.4 Å². The van der Waals surface area contributed by atoms with Crippen LogP contribution < -0.4 is 0 Å². The lowest BCUT2D eigenvalue weighted by Crippen LogP contribution is -2.59. The standard InChI is InChI=1S/C15H20N2O6/c1-14(16-3-5-22-6-4-16)9-11-10(7-12(14)17(20)21)8-15(2,23-11)13(18)19/h7,9,12H,3-6,8H2,1-2H3,(H,18,19). The van der Waals surface area contributed by atoms with Gasteiger partial charge >= 0.3 is 5.97 Å². The maximum atomic E-state index is 11.6. The van der Waals surface area contributed by atoms with Gasteiger partial charge in [-0.2, -0.15) is 0 Å². The summed E-state index contributed by atoms with van der Waals surface area (Å²) in [5.74, 6) is -0.624. The molecule has 8 nitrogen and oxygen atoms in total. The molecule has 23 heavy (non-hydrogen) atoms. The van der Waals surface area contributed by atoms with Crippen LogP contribution >= 0.6 is 0 Å². The number of carboxylic acid groups (broad SMARTS) is 1. The van der Waals surface area contributed by atoms with Crippen molar-refractivity contribution in [2.45, 2.75) is 37.5 Å². The first kappa shape index (κ1) is 15.9. The third-order valence-electron chi connectivity index (χ3n) is 4.93. The normalized spacial score (nSPS) is 37.4. The van der Waals surface area contributed by atoms with Gasteiger partial charge in [-0.05, 0) is 26.0 Å². The van der Waals surface area contributed by atoms with Crippen molar-refractivity contribution >= 4 is 5.97 Å². The molecule has 0 saturated carbocycles. The van der Waals surface area contributed by atoms with Crippen LogP contribution in [0.25, 0.3) is 0 Å².